The van der Waals surface area contributed by atoms with Crippen molar-refractivity contribution in [2.45, 2.75) is 38.5 Å². The molecule has 3 nitrogen and oxygen atoms in total. The van der Waals surface area contributed by atoms with Gasteiger partial charge in [-0.25, -0.2) is 0 Å². The molecule has 0 saturated carbocycles. The lowest BCUT2D eigenvalue weighted by atomic mass is 9.88. The van der Waals surface area contributed by atoms with Crippen molar-refractivity contribution in [2.75, 3.05) is 24.6 Å². The Morgan fingerprint density at radius 1 is 1.17 bits per heavy atom. The number of benzene rings is 1. The van der Waals surface area contributed by atoms with Crippen LogP contribution in [0.2, 0.25) is 0 Å². The van der Waals surface area contributed by atoms with Crippen molar-refractivity contribution in [1.29, 1.82) is 0 Å². The Morgan fingerprint density at radius 3 is 2.72 bits per heavy atom. The van der Waals surface area contributed by atoms with Gasteiger partial charge in [0.15, 0.2) is 0 Å². The topological polar surface area (TPSA) is 43.7 Å². The number of anilines is 1. The van der Waals surface area contributed by atoms with E-state index in [0.29, 0.717) is 5.75 Å². The maximum atomic E-state index is 10.4. The normalized spacial score (nSPS) is 17.7. The first-order chi connectivity index (χ1) is 8.81. The van der Waals surface area contributed by atoms with E-state index < -0.39 is 0 Å². The SMILES string of the molecule is OCCCc1cc2c3c(c1O)CCCN3CCC2. The molecule has 0 bridgehead atoms. The first-order valence-corrected chi connectivity index (χ1v) is 7.03. The first kappa shape index (κ1) is 11.8. The number of rotatable bonds is 3. The van der Waals surface area contributed by atoms with Crippen LogP contribution in [0.15, 0.2) is 6.07 Å². The molecule has 0 amide bonds. The predicted molar refractivity (Wildman–Crippen MR) is 72.4 cm³/mol. The van der Waals surface area contributed by atoms with E-state index >= 15 is 0 Å². The van der Waals surface area contributed by atoms with Crippen LogP contribution in [0.3, 0.4) is 0 Å². The number of hydrogen-bond donors (Lipinski definition) is 2. The van der Waals surface area contributed by atoms with Crippen LogP contribution in [0.5, 0.6) is 5.75 Å². The minimum atomic E-state index is 0.192. The maximum Gasteiger partial charge on any atom is 0.124 e. The van der Waals surface area contributed by atoms with Gasteiger partial charge in [0.05, 0.1) is 0 Å². The zero-order chi connectivity index (χ0) is 12.5. The fourth-order valence-corrected chi connectivity index (χ4v) is 3.37. The molecule has 1 aromatic carbocycles. The van der Waals surface area contributed by atoms with Gasteiger partial charge >= 0.3 is 0 Å². The van der Waals surface area contributed by atoms with Crippen LogP contribution in [0.25, 0.3) is 0 Å². The van der Waals surface area contributed by atoms with Gasteiger partial charge in [0.1, 0.15) is 5.75 Å². The molecule has 2 aliphatic heterocycles. The Labute approximate surface area is 108 Å². The highest BCUT2D eigenvalue weighted by atomic mass is 16.3. The molecule has 0 spiro atoms. The van der Waals surface area contributed by atoms with Crippen LogP contribution < -0.4 is 4.90 Å². The lowest BCUT2D eigenvalue weighted by Gasteiger charge is -2.37. The van der Waals surface area contributed by atoms with E-state index in [1.54, 1.807) is 0 Å². The second-order valence-corrected chi connectivity index (χ2v) is 5.39. The van der Waals surface area contributed by atoms with Crippen LogP contribution in [-0.2, 0) is 19.3 Å². The van der Waals surface area contributed by atoms with Gasteiger partial charge in [0.25, 0.3) is 0 Å². The van der Waals surface area contributed by atoms with Crippen LogP contribution in [0, 0.1) is 0 Å². The van der Waals surface area contributed by atoms with E-state index in [9.17, 15) is 5.11 Å². The zero-order valence-corrected chi connectivity index (χ0v) is 10.8. The summed E-state index contributed by atoms with van der Waals surface area (Å²) in [6, 6.07) is 2.17. The summed E-state index contributed by atoms with van der Waals surface area (Å²) in [4.78, 5) is 2.44. The van der Waals surface area contributed by atoms with Crippen molar-refractivity contribution in [3.8, 4) is 5.75 Å². The molecule has 3 heteroatoms. The van der Waals surface area contributed by atoms with E-state index in [1.165, 1.54) is 17.7 Å². The highest BCUT2D eigenvalue weighted by Crippen LogP contribution is 2.42. The summed E-state index contributed by atoms with van der Waals surface area (Å²) in [5, 5.41) is 19.4. The molecule has 0 aliphatic carbocycles. The highest BCUT2D eigenvalue weighted by molar-refractivity contribution is 5.69. The number of aryl methyl sites for hydroxylation is 2. The van der Waals surface area contributed by atoms with E-state index in [1.807, 2.05) is 0 Å². The average molecular weight is 247 g/mol. The van der Waals surface area contributed by atoms with Crippen LogP contribution in [0.4, 0.5) is 5.69 Å². The van der Waals surface area contributed by atoms with Gasteiger partial charge in [-0.05, 0) is 49.7 Å². The lowest BCUT2D eigenvalue weighted by Crippen LogP contribution is -2.34. The molecule has 2 N–H and O–H groups in total. The molecule has 98 valence electrons. The minimum Gasteiger partial charge on any atom is -0.507 e. The van der Waals surface area contributed by atoms with E-state index in [-0.39, 0.29) is 6.61 Å². The summed E-state index contributed by atoms with van der Waals surface area (Å²) in [6.45, 7) is 2.46. The van der Waals surface area contributed by atoms with Gasteiger partial charge in [0, 0.05) is 30.9 Å². The molecule has 0 unspecified atom stereocenters. The summed E-state index contributed by atoms with van der Waals surface area (Å²) in [6.07, 6.45) is 6.00. The molecular weight excluding hydrogens is 226 g/mol. The fourth-order valence-electron chi connectivity index (χ4n) is 3.37. The van der Waals surface area contributed by atoms with Crippen molar-refractivity contribution >= 4 is 5.69 Å². The number of hydrogen-bond acceptors (Lipinski definition) is 3. The Bertz CT molecular complexity index is 454. The third-order valence-electron chi connectivity index (χ3n) is 4.18. The maximum absolute atomic E-state index is 10.4. The van der Waals surface area contributed by atoms with Crippen LogP contribution in [-0.4, -0.2) is 29.9 Å². The second kappa shape index (κ2) is 4.81. The summed E-state index contributed by atoms with van der Waals surface area (Å²) >= 11 is 0. The Morgan fingerprint density at radius 2 is 1.94 bits per heavy atom. The Hall–Kier alpha value is -1.22. The summed E-state index contributed by atoms with van der Waals surface area (Å²) in [7, 11) is 0. The van der Waals surface area contributed by atoms with Crippen molar-refractivity contribution in [3.05, 3.63) is 22.8 Å². The molecule has 0 aromatic heterocycles. The molecule has 3 rings (SSSR count). The molecule has 0 radical (unpaired) electrons. The number of aliphatic hydroxyl groups is 1. The van der Waals surface area contributed by atoms with Crippen LogP contribution >= 0.6 is 0 Å². The van der Waals surface area contributed by atoms with E-state index in [2.05, 4.69) is 11.0 Å². The molecule has 2 aliphatic rings. The minimum absolute atomic E-state index is 0.192. The first-order valence-electron chi connectivity index (χ1n) is 7.03. The summed E-state index contributed by atoms with van der Waals surface area (Å²) in [5.41, 5.74) is 4.91. The Balaban J connectivity index is 2.05. The number of aliphatic hydroxyl groups excluding tert-OH is 1. The largest absolute Gasteiger partial charge is 0.507 e. The van der Waals surface area contributed by atoms with Gasteiger partial charge < -0.3 is 15.1 Å². The number of nitrogens with zero attached hydrogens (tertiary/aromatic N) is 1. The van der Waals surface area contributed by atoms with Gasteiger partial charge in [-0.3, -0.25) is 0 Å². The monoisotopic (exact) mass is 247 g/mol. The summed E-state index contributed by atoms with van der Waals surface area (Å²) in [5.74, 6) is 0.494. The zero-order valence-electron chi connectivity index (χ0n) is 10.8. The van der Waals surface area contributed by atoms with Crippen molar-refractivity contribution < 1.29 is 10.2 Å². The van der Waals surface area contributed by atoms with Crippen molar-refractivity contribution in [3.63, 3.8) is 0 Å². The summed E-state index contributed by atoms with van der Waals surface area (Å²) < 4.78 is 0. The molecular formula is C15H21NO2. The fraction of sp³-hybridized carbons (Fsp3) is 0.600. The molecule has 1 aromatic rings. The molecule has 0 fully saturated rings. The standard InChI is InChI=1S/C15H21NO2/c17-9-3-5-12-10-11-4-1-7-16-8-2-6-13(14(11)16)15(12)18/h10,17-18H,1-9H2. The quantitative estimate of drug-likeness (QED) is 0.859. The molecule has 0 saturated heterocycles. The number of aromatic hydroxyl groups is 1. The number of phenolic OH excluding ortho intramolecular Hbond substituents is 1. The Kier molecular flexibility index (Phi) is 3.16. The third kappa shape index (κ3) is 1.87. The van der Waals surface area contributed by atoms with E-state index in [0.717, 1.165) is 56.3 Å². The lowest BCUT2D eigenvalue weighted by molar-refractivity contribution is 0.288. The third-order valence-corrected chi connectivity index (χ3v) is 4.18. The van der Waals surface area contributed by atoms with Crippen molar-refractivity contribution in [2.24, 2.45) is 0 Å². The highest BCUT2D eigenvalue weighted by Gasteiger charge is 2.27. The average Bonchev–Trinajstić information content (AvgIpc) is 2.41. The molecule has 2 heterocycles. The molecule has 0 atom stereocenters. The predicted octanol–water partition coefficient (Wildman–Crippen LogP) is 2.02. The van der Waals surface area contributed by atoms with Gasteiger partial charge in [-0.1, -0.05) is 6.07 Å². The molecule has 18 heavy (non-hydrogen) atoms. The second-order valence-electron chi connectivity index (χ2n) is 5.39. The number of phenols is 1. The van der Waals surface area contributed by atoms with Gasteiger partial charge in [-0.2, -0.15) is 0 Å². The van der Waals surface area contributed by atoms with Crippen molar-refractivity contribution in [1.82, 2.24) is 0 Å². The van der Waals surface area contributed by atoms with Gasteiger partial charge in [-0.15, -0.1) is 0 Å². The van der Waals surface area contributed by atoms with Gasteiger partial charge in [0.2, 0.25) is 0 Å². The van der Waals surface area contributed by atoms with E-state index in [4.69, 9.17) is 5.11 Å². The smallest absolute Gasteiger partial charge is 0.124 e. The van der Waals surface area contributed by atoms with Crippen LogP contribution in [0.1, 0.15) is 36.0 Å².